The van der Waals surface area contributed by atoms with Gasteiger partial charge in [0, 0.05) is 9.13 Å². The predicted octanol–water partition coefficient (Wildman–Crippen LogP) is 5.17. The van der Waals surface area contributed by atoms with Gasteiger partial charge < -0.3 is 4.74 Å². The van der Waals surface area contributed by atoms with Gasteiger partial charge in [0.25, 0.3) is 0 Å². The van der Waals surface area contributed by atoms with Crippen LogP contribution in [0.1, 0.15) is 16.7 Å². The molecule has 0 atom stereocenters. The molecule has 0 saturated heterocycles. The number of aryl methyl sites for hydroxylation is 2. The summed E-state index contributed by atoms with van der Waals surface area (Å²) in [6.07, 6.45) is 1.63. The van der Waals surface area contributed by atoms with Crippen LogP contribution in [-0.2, 0) is 6.61 Å². The number of carbonyl (C=O) groups is 1. The number of benzene rings is 2. The van der Waals surface area contributed by atoms with Crippen molar-refractivity contribution in [2.75, 3.05) is 11.3 Å². The van der Waals surface area contributed by atoms with E-state index < -0.39 is 5.24 Å². The highest BCUT2D eigenvalue weighted by molar-refractivity contribution is 14.1. The van der Waals surface area contributed by atoms with E-state index in [1.54, 1.807) is 18.4 Å². The van der Waals surface area contributed by atoms with Crippen molar-refractivity contribution in [2.24, 2.45) is 0 Å². The molecule has 2 aromatic rings. The molecule has 0 fully saturated rings. The van der Waals surface area contributed by atoms with Crippen molar-refractivity contribution >= 4 is 45.3 Å². The number of hydrogen-bond acceptors (Lipinski definition) is 4. The molecule has 0 heterocycles. The third-order valence-corrected chi connectivity index (χ3v) is 4.91. The molecular weight excluding hydrogens is 425 g/mol. The first-order valence-corrected chi connectivity index (χ1v) is 9.28. The minimum Gasteiger partial charge on any atom is -0.489 e. The molecule has 0 aromatic heterocycles. The predicted molar refractivity (Wildman–Crippen MR) is 103 cm³/mol. The van der Waals surface area contributed by atoms with Gasteiger partial charge in [-0.2, -0.15) is 5.06 Å². The van der Waals surface area contributed by atoms with Crippen LogP contribution in [0.15, 0.2) is 36.4 Å². The van der Waals surface area contributed by atoms with Crippen LogP contribution in [0, 0.1) is 17.4 Å². The Hall–Kier alpha value is -1.25. The molecule has 0 unspecified atom stereocenters. The molecule has 0 radical (unpaired) electrons. The van der Waals surface area contributed by atoms with E-state index in [1.165, 1.54) is 5.56 Å². The summed E-state index contributed by atoms with van der Waals surface area (Å²) in [5, 5.41) is 10.3. The van der Waals surface area contributed by atoms with E-state index in [4.69, 9.17) is 4.74 Å². The van der Waals surface area contributed by atoms with Crippen LogP contribution in [-0.4, -0.2) is 16.7 Å². The fourth-order valence-electron chi connectivity index (χ4n) is 2.18. The second-order valence-corrected chi connectivity index (χ2v) is 7.00. The van der Waals surface area contributed by atoms with Crippen molar-refractivity contribution < 1.29 is 14.7 Å². The number of nitrogens with zero attached hydrogens (tertiary/aromatic N) is 1. The average molecular weight is 443 g/mol. The number of anilines is 1. The van der Waals surface area contributed by atoms with Crippen molar-refractivity contribution in [1.29, 1.82) is 0 Å². The molecule has 0 aliphatic carbocycles. The number of hydrogen-bond donors (Lipinski definition) is 1. The fourth-order valence-corrected chi connectivity index (χ4v) is 3.10. The van der Waals surface area contributed by atoms with Crippen molar-refractivity contribution in [1.82, 2.24) is 0 Å². The third kappa shape index (κ3) is 4.39. The van der Waals surface area contributed by atoms with Gasteiger partial charge in [-0.3, -0.25) is 10.0 Å². The zero-order valence-electron chi connectivity index (χ0n) is 13.2. The van der Waals surface area contributed by atoms with Crippen molar-refractivity contribution in [3.05, 3.63) is 56.7 Å². The summed E-state index contributed by atoms with van der Waals surface area (Å²) in [7, 11) is 0. The molecule has 23 heavy (non-hydrogen) atoms. The number of hydroxylamine groups is 1. The number of carbonyl (C=O) groups excluding carboxylic acids is 1. The first-order valence-electron chi connectivity index (χ1n) is 6.98. The van der Waals surface area contributed by atoms with Crippen LogP contribution in [0.5, 0.6) is 5.75 Å². The maximum atomic E-state index is 11.7. The van der Waals surface area contributed by atoms with Crippen LogP contribution in [0.2, 0.25) is 0 Å². The molecule has 0 aliphatic rings. The summed E-state index contributed by atoms with van der Waals surface area (Å²) in [4.78, 5) is 11.7. The number of rotatable bonds is 4. The summed E-state index contributed by atoms with van der Waals surface area (Å²) >= 11 is 3.13. The maximum Gasteiger partial charge on any atom is 0.309 e. The lowest BCUT2D eigenvalue weighted by Crippen LogP contribution is -2.24. The minimum absolute atomic E-state index is 0.275. The zero-order chi connectivity index (χ0) is 17.0. The van der Waals surface area contributed by atoms with Crippen molar-refractivity contribution in [2.45, 2.75) is 20.5 Å². The van der Waals surface area contributed by atoms with Crippen LogP contribution < -0.4 is 9.80 Å². The van der Waals surface area contributed by atoms with Gasteiger partial charge in [0.15, 0.2) is 0 Å². The highest BCUT2D eigenvalue weighted by Gasteiger charge is 2.18. The molecule has 1 N–H and O–H groups in total. The first-order chi connectivity index (χ1) is 10.9. The lowest BCUT2D eigenvalue weighted by atomic mass is 10.1. The van der Waals surface area contributed by atoms with Gasteiger partial charge in [0.2, 0.25) is 0 Å². The smallest absolute Gasteiger partial charge is 0.309 e. The molecule has 4 nitrogen and oxygen atoms in total. The Morgan fingerprint density at radius 1 is 1.30 bits per heavy atom. The summed E-state index contributed by atoms with van der Waals surface area (Å²) in [5.74, 6) is 0.793. The Balaban J connectivity index is 2.27. The van der Waals surface area contributed by atoms with Gasteiger partial charge in [-0.1, -0.05) is 35.5 Å². The molecular formula is C17H18INO3S. The van der Waals surface area contributed by atoms with Crippen molar-refractivity contribution in [3.8, 4) is 5.75 Å². The molecule has 0 bridgehead atoms. The lowest BCUT2D eigenvalue weighted by molar-refractivity contribution is 0.223. The Morgan fingerprint density at radius 3 is 2.70 bits per heavy atom. The lowest BCUT2D eigenvalue weighted by Gasteiger charge is -2.19. The van der Waals surface area contributed by atoms with E-state index >= 15 is 0 Å². The van der Waals surface area contributed by atoms with Crippen LogP contribution in [0.4, 0.5) is 10.5 Å². The Kier molecular flexibility index (Phi) is 6.32. The SMILES string of the molecule is CSC(=O)N(O)c1cccc(I)c1COc1ccc(C)cc1C. The largest absolute Gasteiger partial charge is 0.489 e. The Bertz CT molecular complexity index is 721. The van der Waals surface area contributed by atoms with E-state index in [-0.39, 0.29) is 6.61 Å². The summed E-state index contributed by atoms with van der Waals surface area (Å²) < 4.78 is 6.83. The number of halogens is 1. The van der Waals surface area contributed by atoms with E-state index in [1.807, 2.05) is 32.0 Å². The van der Waals surface area contributed by atoms with E-state index in [9.17, 15) is 10.0 Å². The second-order valence-electron chi connectivity index (χ2n) is 5.08. The molecule has 1 amide bonds. The zero-order valence-corrected chi connectivity index (χ0v) is 16.1. The van der Waals surface area contributed by atoms with Crippen LogP contribution >= 0.6 is 34.4 Å². The molecule has 122 valence electrons. The summed E-state index contributed by atoms with van der Waals surface area (Å²) in [6, 6.07) is 11.4. The molecule has 6 heteroatoms. The second kappa shape index (κ2) is 8.03. The van der Waals surface area contributed by atoms with Gasteiger partial charge in [-0.05, 0) is 66.5 Å². The molecule has 2 rings (SSSR count). The topological polar surface area (TPSA) is 49.8 Å². The maximum absolute atomic E-state index is 11.7. The third-order valence-electron chi connectivity index (χ3n) is 3.37. The quantitative estimate of drug-likeness (QED) is 0.403. The van der Waals surface area contributed by atoms with Gasteiger partial charge >= 0.3 is 5.24 Å². The van der Waals surface area contributed by atoms with E-state index in [2.05, 4.69) is 28.7 Å². The van der Waals surface area contributed by atoms with Gasteiger partial charge in [-0.15, -0.1) is 0 Å². The monoisotopic (exact) mass is 443 g/mol. The number of amides is 1. The Morgan fingerprint density at radius 2 is 2.04 bits per heavy atom. The highest BCUT2D eigenvalue weighted by Crippen LogP contribution is 2.28. The first kappa shape index (κ1) is 18.1. The van der Waals surface area contributed by atoms with Crippen molar-refractivity contribution in [3.63, 3.8) is 0 Å². The normalized spacial score (nSPS) is 10.5. The summed E-state index contributed by atoms with van der Waals surface area (Å²) in [6.45, 7) is 4.30. The van der Waals surface area contributed by atoms with Gasteiger partial charge in [-0.25, -0.2) is 0 Å². The summed E-state index contributed by atoms with van der Waals surface area (Å²) in [5.41, 5.74) is 3.45. The van der Waals surface area contributed by atoms with Gasteiger partial charge in [0.05, 0.1) is 5.69 Å². The van der Waals surface area contributed by atoms with Crippen LogP contribution in [0.25, 0.3) is 0 Å². The minimum atomic E-state index is -0.431. The fraction of sp³-hybridized carbons (Fsp3) is 0.235. The molecule has 2 aromatic carbocycles. The molecule has 0 saturated carbocycles. The number of ether oxygens (including phenoxy) is 1. The molecule has 0 spiro atoms. The average Bonchev–Trinajstić information content (AvgIpc) is 2.53. The molecule has 0 aliphatic heterocycles. The van der Waals surface area contributed by atoms with E-state index in [0.717, 1.165) is 32.2 Å². The van der Waals surface area contributed by atoms with E-state index in [0.29, 0.717) is 10.8 Å². The highest BCUT2D eigenvalue weighted by atomic mass is 127. The standard InChI is InChI=1S/C17H18INO3S/c1-11-7-8-16(12(2)9-11)22-10-13-14(18)5-4-6-15(13)19(21)17(20)23-3/h4-9,21H,10H2,1-3H3. The van der Waals surface area contributed by atoms with Gasteiger partial charge in [0.1, 0.15) is 12.4 Å². The Labute approximate surface area is 153 Å². The van der Waals surface area contributed by atoms with Crippen LogP contribution in [0.3, 0.4) is 0 Å². The number of thioether (sulfide) groups is 1.